The summed E-state index contributed by atoms with van der Waals surface area (Å²) in [5, 5.41) is 0. The third-order valence-electron chi connectivity index (χ3n) is 3.72. The Hall–Kier alpha value is -3.47. The quantitative estimate of drug-likeness (QED) is 0.570. The maximum Gasteiger partial charge on any atom is 0.159 e. The maximum absolute atomic E-state index is 4.74. The van der Waals surface area contributed by atoms with Gasteiger partial charge in [-0.15, -0.1) is 0 Å². The molecule has 0 aliphatic heterocycles. The molecule has 0 fully saturated rings. The molecule has 0 saturated carbocycles. The summed E-state index contributed by atoms with van der Waals surface area (Å²) in [5.74, 6) is 0.655. The fraction of sp³-hybridized carbons (Fsp3) is 0.0500. The van der Waals surface area contributed by atoms with Crippen LogP contribution in [0.3, 0.4) is 0 Å². The average Bonchev–Trinajstić information content (AvgIpc) is 2.69. The minimum atomic E-state index is 0.655. The van der Waals surface area contributed by atoms with E-state index in [0.717, 1.165) is 33.9 Å². The molecule has 0 bridgehead atoms. The van der Waals surface area contributed by atoms with E-state index >= 15 is 0 Å². The maximum atomic E-state index is 4.74. The lowest BCUT2D eigenvalue weighted by Crippen LogP contribution is -1.96. The van der Waals surface area contributed by atoms with Gasteiger partial charge in [-0.1, -0.05) is 12.1 Å². The number of hydrogen-bond donors (Lipinski definition) is 0. The Labute approximate surface area is 145 Å². The molecule has 0 aromatic carbocycles. The first-order valence-corrected chi connectivity index (χ1v) is 7.93. The highest BCUT2D eigenvalue weighted by Crippen LogP contribution is 2.26. The third kappa shape index (κ3) is 3.26. The first-order valence-electron chi connectivity index (χ1n) is 7.93. The van der Waals surface area contributed by atoms with E-state index in [2.05, 4.69) is 19.9 Å². The van der Waals surface area contributed by atoms with Crippen LogP contribution >= 0.6 is 0 Å². The molecule has 0 aliphatic rings. The molecule has 0 spiro atoms. The zero-order valence-corrected chi connectivity index (χ0v) is 13.7. The molecule has 4 aromatic rings. The molecular weight excluding hydrogens is 310 g/mol. The van der Waals surface area contributed by atoms with Gasteiger partial charge in [-0.3, -0.25) is 9.97 Å². The highest BCUT2D eigenvalue weighted by molar-refractivity contribution is 5.71. The van der Waals surface area contributed by atoms with Crippen molar-refractivity contribution < 1.29 is 0 Å². The molecular formula is C20H15N5. The molecule has 0 saturated heterocycles. The van der Waals surface area contributed by atoms with Gasteiger partial charge < -0.3 is 0 Å². The lowest BCUT2D eigenvalue weighted by molar-refractivity contribution is 1.13. The van der Waals surface area contributed by atoms with Crippen LogP contribution in [0.5, 0.6) is 0 Å². The van der Waals surface area contributed by atoms with Gasteiger partial charge in [0, 0.05) is 30.4 Å². The lowest BCUT2D eigenvalue weighted by Gasteiger charge is -2.08. The van der Waals surface area contributed by atoms with Gasteiger partial charge >= 0.3 is 0 Å². The molecule has 4 aromatic heterocycles. The summed E-state index contributed by atoms with van der Waals surface area (Å²) < 4.78 is 0. The standard InChI is InChI=1S/C20H15N5/c1-14-12-23-20(24-13-14)15-10-18(16-6-2-4-8-21-16)25-19(11-15)17-7-3-5-9-22-17/h2-13H,1H3. The largest absolute Gasteiger partial charge is 0.255 e. The van der Waals surface area contributed by atoms with E-state index in [4.69, 9.17) is 4.98 Å². The van der Waals surface area contributed by atoms with Crippen LogP contribution in [0.25, 0.3) is 34.2 Å². The molecule has 0 amide bonds. The van der Waals surface area contributed by atoms with Crippen molar-refractivity contribution in [1.29, 1.82) is 0 Å². The summed E-state index contributed by atoms with van der Waals surface area (Å²) >= 11 is 0. The second kappa shape index (κ2) is 6.57. The molecule has 5 heteroatoms. The Morgan fingerprint density at radius 2 is 1.20 bits per heavy atom. The first kappa shape index (κ1) is 15.1. The van der Waals surface area contributed by atoms with E-state index in [9.17, 15) is 0 Å². The van der Waals surface area contributed by atoms with E-state index in [0.29, 0.717) is 5.82 Å². The molecule has 0 N–H and O–H groups in total. The van der Waals surface area contributed by atoms with E-state index < -0.39 is 0 Å². The number of pyridine rings is 3. The van der Waals surface area contributed by atoms with Gasteiger partial charge in [-0.25, -0.2) is 15.0 Å². The van der Waals surface area contributed by atoms with Crippen LogP contribution in [0.1, 0.15) is 5.56 Å². The summed E-state index contributed by atoms with van der Waals surface area (Å²) in [5.41, 5.74) is 5.04. The zero-order valence-electron chi connectivity index (χ0n) is 13.7. The highest BCUT2D eigenvalue weighted by Gasteiger charge is 2.11. The lowest BCUT2D eigenvalue weighted by atomic mass is 10.1. The summed E-state index contributed by atoms with van der Waals surface area (Å²) in [4.78, 5) is 22.4. The van der Waals surface area contributed by atoms with Crippen LogP contribution < -0.4 is 0 Å². The van der Waals surface area contributed by atoms with Crippen molar-refractivity contribution in [3.8, 4) is 34.2 Å². The zero-order chi connectivity index (χ0) is 17.1. The molecule has 5 nitrogen and oxygen atoms in total. The number of nitrogens with zero attached hydrogens (tertiary/aromatic N) is 5. The number of hydrogen-bond acceptors (Lipinski definition) is 5. The van der Waals surface area contributed by atoms with Crippen molar-refractivity contribution in [1.82, 2.24) is 24.9 Å². The molecule has 25 heavy (non-hydrogen) atoms. The van der Waals surface area contributed by atoms with Gasteiger partial charge in [0.1, 0.15) is 0 Å². The average molecular weight is 325 g/mol. The normalized spacial score (nSPS) is 10.6. The van der Waals surface area contributed by atoms with Crippen LogP contribution in [-0.2, 0) is 0 Å². The van der Waals surface area contributed by atoms with Crippen LogP contribution in [0.2, 0.25) is 0 Å². The van der Waals surface area contributed by atoms with E-state index in [1.165, 1.54) is 0 Å². The monoisotopic (exact) mass is 325 g/mol. The molecule has 0 aliphatic carbocycles. The fourth-order valence-corrected chi connectivity index (χ4v) is 2.49. The van der Waals surface area contributed by atoms with Gasteiger partial charge in [0.25, 0.3) is 0 Å². The minimum Gasteiger partial charge on any atom is -0.255 e. The Balaban J connectivity index is 1.90. The SMILES string of the molecule is Cc1cnc(-c2cc(-c3ccccn3)nc(-c3ccccn3)c2)nc1. The van der Waals surface area contributed by atoms with Crippen LogP contribution in [-0.4, -0.2) is 24.9 Å². The van der Waals surface area contributed by atoms with Crippen LogP contribution in [0.15, 0.2) is 73.3 Å². The summed E-state index contributed by atoms with van der Waals surface area (Å²) in [6.45, 7) is 1.97. The van der Waals surface area contributed by atoms with Crippen LogP contribution in [0, 0.1) is 6.92 Å². The van der Waals surface area contributed by atoms with Gasteiger partial charge in [-0.05, 0) is 48.9 Å². The molecule has 120 valence electrons. The molecule has 0 radical (unpaired) electrons. The van der Waals surface area contributed by atoms with Crippen molar-refractivity contribution in [2.24, 2.45) is 0 Å². The summed E-state index contributed by atoms with van der Waals surface area (Å²) in [6, 6.07) is 15.4. The van der Waals surface area contributed by atoms with Crippen molar-refractivity contribution in [2.45, 2.75) is 6.92 Å². The van der Waals surface area contributed by atoms with Gasteiger partial charge in [0.2, 0.25) is 0 Å². The third-order valence-corrected chi connectivity index (χ3v) is 3.72. The van der Waals surface area contributed by atoms with Crippen molar-refractivity contribution in [2.75, 3.05) is 0 Å². The van der Waals surface area contributed by atoms with Gasteiger partial charge in [0.15, 0.2) is 5.82 Å². The fourth-order valence-electron chi connectivity index (χ4n) is 2.49. The minimum absolute atomic E-state index is 0.655. The van der Waals surface area contributed by atoms with Crippen molar-refractivity contribution in [3.63, 3.8) is 0 Å². The molecule has 4 heterocycles. The molecule has 0 unspecified atom stereocenters. The smallest absolute Gasteiger partial charge is 0.159 e. The second-order valence-corrected chi connectivity index (χ2v) is 5.64. The Bertz CT molecular complexity index is 926. The van der Waals surface area contributed by atoms with Crippen molar-refractivity contribution in [3.05, 3.63) is 78.9 Å². The first-order chi connectivity index (χ1) is 12.3. The highest BCUT2D eigenvalue weighted by atomic mass is 14.9. The van der Waals surface area contributed by atoms with E-state index in [-0.39, 0.29) is 0 Å². The summed E-state index contributed by atoms with van der Waals surface area (Å²) in [6.07, 6.45) is 7.13. The van der Waals surface area contributed by atoms with E-state index in [1.54, 1.807) is 12.4 Å². The predicted octanol–water partition coefficient (Wildman–Crippen LogP) is 3.97. The second-order valence-electron chi connectivity index (χ2n) is 5.64. The topological polar surface area (TPSA) is 64.5 Å². The predicted molar refractivity (Wildman–Crippen MR) is 96.5 cm³/mol. The van der Waals surface area contributed by atoms with E-state index in [1.807, 2.05) is 67.8 Å². The Kier molecular flexibility index (Phi) is 3.96. The number of aromatic nitrogens is 5. The summed E-state index contributed by atoms with van der Waals surface area (Å²) in [7, 11) is 0. The molecule has 4 rings (SSSR count). The number of aryl methyl sites for hydroxylation is 1. The van der Waals surface area contributed by atoms with Crippen molar-refractivity contribution >= 4 is 0 Å². The molecule has 0 atom stereocenters. The van der Waals surface area contributed by atoms with Gasteiger partial charge in [0.05, 0.1) is 22.8 Å². The Morgan fingerprint density at radius 1 is 0.640 bits per heavy atom. The van der Waals surface area contributed by atoms with Gasteiger partial charge in [-0.2, -0.15) is 0 Å². The Morgan fingerprint density at radius 3 is 1.68 bits per heavy atom. The van der Waals surface area contributed by atoms with Crippen LogP contribution in [0.4, 0.5) is 0 Å². The number of rotatable bonds is 3.